The largest absolute Gasteiger partial charge is 0.492 e. The Hall–Kier alpha value is -3.90. The number of rotatable bonds is 5. The van der Waals surface area contributed by atoms with Crippen molar-refractivity contribution in [1.82, 2.24) is 15.1 Å². The topological polar surface area (TPSA) is 108 Å². The Bertz CT molecular complexity index is 1330. The average Bonchev–Trinajstić information content (AvgIpc) is 3.29. The summed E-state index contributed by atoms with van der Waals surface area (Å²) in [6.45, 7) is -0.0127. The van der Waals surface area contributed by atoms with Crippen LogP contribution in [0.1, 0.15) is 17.5 Å². The molecule has 152 valence electrons. The predicted molar refractivity (Wildman–Crippen MR) is 105 cm³/mol. The van der Waals surface area contributed by atoms with E-state index in [1.165, 1.54) is 18.2 Å². The van der Waals surface area contributed by atoms with E-state index in [4.69, 9.17) is 9.15 Å². The van der Waals surface area contributed by atoms with Crippen molar-refractivity contribution >= 4 is 11.2 Å². The summed E-state index contributed by atoms with van der Waals surface area (Å²) in [5, 5.41) is 12.4. The number of aliphatic hydroxyl groups is 1. The molecule has 0 unspecified atom stereocenters. The van der Waals surface area contributed by atoms with Crippen LogP contribution in [-0.2, 0) is 13.7 Å². The Labute approximate surface area is 169 Å². The van der Waals surface area contributed by atoms with Gasteiger partial charge in [0.2, 0.25) is 0 Å². The maximum absolute atomic E-state index is 13.2. The lowest BCUT2D eigenvalue weighted by molar-refractivity contribution is -0.716. The van der Waals surface area contributed by atoms with Crippen LogP contribution in [0.5, 0.6) is 5.75 Å². The second-order valence-corrected chi connectivity index (χ2v) is 6.49. The quantitative estimate of drug-likeness (QED) is 0.265. The highest BCUT2D eigenvalue weighted by atomic mass is 19.1. The molecule has 3 heterocycles. The number of hydrogen-bond acceptors (Lipinski definition) is 5. The number of nitrogens with zero attached hydrogens (tertiary/aromatic N) is 2. The van der Waals surface area contributed by atoms with Crippen molar-refractivity contribution in [2.24, 2.45) is 7.05 Å². The van der Waals surface area contributed by atoms with Gasteiger partial charge in [0.05, 0.1) is 25.0 Å². The minimum absolute atomic E-state index is 0.291. The van der Waals surface area contributed by atoms with Gasteiger partial charge in [0, 0.05) is 24.2 Å². The van der Waals surface area contributed by atoms with Crippen LogP contribution in [0.3, 0.4) is 0 Å². The molecule has 0 radical (unpaired) electrons. The fourth-order valence-corrected chi connectivity index (χ4v) is 3.07. The third-order valence-electron chi connectivity index (χ3n) is 4.44. The van der Waals surface area contributed by atoms with E-state index in [1.54, 1.807) is 23.1 Å². The molecular weight excluding hydrogens is 391 g/mol. The molecule has 30 heavy (non-hydrogen) atoms. The van der Waals surface area contributed by atoms with Crippen molar-refractivity contribution < 1.29 is 23.3 Å². The number of H-pyrrole nitrogens is 2. The van der Waals surface area contributed by atoms with Crippen LogP contribution in [0.4, 0.5) is 4.39 Å². The number of oxazole rings is 1. The number of hydrogen-bond donors (Lipinski definition) is 3. The molecule has 9 heteroatoms. The van der Waals surface area contributed by atoms with Crippen molar-refractivity contribution in [3.8, 4) is 28.8 Å². The number of benzene rings is 1. The molecule has 0 atom stereocenters. The number of fused-ring (bicyclic) bond motifs is 1. The number of aliphatic hydroxyl groups excluding tert-OH is 1. The van der Waals surface area contributed by atoms with Gasteiger partial charge in [0.1, 0.15) is 17.1 Å². The smallest absolute Gasteiger partial charge is 0.418 e. The Morgan fingerprint density at radius 3 is 3.07 bits per heavy atom. The van der Waals surface area contributed by atoms with Crippen molar-refractivity contribution in [1.29, 1.82) is 0 Å². The minimum Gasteiger partial charge on any atom is -0.492 e. The third kappa shape index (κ3) is 3.94. The molecule has 0 saturated carbocycles. The van der Waals surface area contributed by atoms with Gasteiger partial charge in [0.25, 0.3) is 5.69 Å². The number of aryl methyl sites for hydroxylation is 1. The highest BCUT2D eigenvalue weighted by Gasteiger charge is 2.19. The van der Waals surface area contributed by atoms with Gasteiger partial charge in [-0.25, -0.2) is 14.2 Å². The minimum atomic E-state index is -0.557. The van der Waals surface area contributed by atoms with Gasteiger partial charge in [-0.2, -0.15) is 5.10 Å². The van der Waals surface area contributed by atoms with E-state index in [0.717, 1.165) is 16.8 Å². The van der Waals surface area contributed by atoms with Crippen LogP contribution in [-0.4, -0.2) is 26.8 Å². The first kappa shape index (κ1) is 19.4. The molecule has 0 aliphatic rings. The van der Waals surface area contributed by atoms with Gasteiger partial charge in [-0.1, -0.05) is 11.8 Å². The van der Waals surface area contributed by atoms with E-state index < -0.39 is 11.6 Å². The summed E-state index contributed by atoms with van der Waals surface area (Å²) in [6, 6.07) is 5.73. The Kier molecular flexibility index (Phi) is 5.32. The number of nitrogens with one attached hydrogen (secondary N) is 2. The summed E-state index contributed by atoms with van der Waals surface area (Å²) in [6.07, 6.45) is 3.83. The maximum atomic E-state index is 13.2. The molecule has 0 bridgehead atoms. The lowest BCUT2D eigenvalue weighted by atomic mass is 10.1. The molecule has 0 amide bonds. The van der Waals surface area contributed by atoms with E-state index in [1.807, 2.05) is 7.05 Å². The molecule has 1 aromatic carbocycles. The summed E-state index contributed by atoms with van der Waals surface area (Å²) < 4.78 is 25.7. The normalized spacial score (nSPS) is 10.8. The van der Waals surface area contributed by atoms with Crippen molar-refractivity contribution in [2.75, 3.05) is 6.61 Å². The Balaban J connectivity index is 1.49. The number of aromatic nitrogens is 4. The highest BCUT2D eigenvalue weighted by molar-refractivity contribution is 5.75. The van der Waals surface area contributed by atoms with Crippen LogP contribution < -0.4 is 15.2 Å². The highest BCUT2D eigenvalue weighted by Crippen LogP contribution is 2.22. The molecular formula is C21H18FN4O4+. The summed E-state index contributed by atoms with van der Waals surface area (Å²) in [5.74, 6) is 5.58. The van der Waals surface area contributed by atoms with E-state index in [2.05, 4.69) is 26.9 Å². The van der Waals surface area contributed by atoms with Gasteiger partial charge in [-0.15, -0.1) is 4.68 Å². The molecule has 4 aromatic rings. The van der Waals surface area contributed by atoms with Crippen molar-refractivity contribution in [3.05, 3.63) is 64.2 Å². The zero-order chi connectivity index (χ0) is 21.1. The fraction of sp³-hybridized carbons (Fsp3) is 0.190. The van der Waals surface area contributed by atoms with Crippen molar-refractivity contribution in [3.63, 3.8) is 0 Å². The van der Waals surface area contributed by atoms with Gasteiger partial charge < -0.3 is 14.3 Å². The molecule has 0 aliphatic heterocycles. The van der Waals surface area contributed by atoms with Crippen LogP contribution in [0.2, 0.25) is 0 Å². The number of ether oxygens (including phenoxy) is 1. The number of aromatic amines is 2. The van der Waals surface area contributed by atoms with E-state index >= 15 is 0 Å². The van der Waals surface area contributed by atoms with Crippen LogP contribution in [0, 0.1) is 17.7 Å². The second kappa shape index (κ2) is 8.23. The first-order valence-corrected chi connectivity index (χ1v) is 9.13. The van der Waals surface area contributed by atoms with Crippen LogP contribution >= 0.6 is 0 Å². The second-order valence-electron chi connectivity index (χ2n) is 6.49. The molecule has 3 N–H and O–H groups in total. The van der Waals surface area contributed by atoms with E-state index in [0.29, 0.717) is 35.6 Å². The van der Waals surface area contributed by atoms with Gasteiger partial charge >= 0.3 is 5.76 Å². The Morgan fingerprint density at radius 2 is 2.23 bits per heavy atom. The van der Waals surface area contributed by atoms with E-state index in [9.17, 15) is 14.3 Å². The van der Waals surface area contributed by atoms with Crippen molar-refractivity contribution in [2.45, 2.75) is 13.0 Å². The molecule has 8 nitrogen and oxygen atoms in total. The summed E-state index contributed by atoms with van der Waals surface area (Å²) in [5.41, 5.74) is 3.42. The summed E-state index contributed by atoms with van der Waals surface area (Å²) in [7, 11) is 1.84. The molecule has 0 fully saturated rings. The van der Waals surface area contributed by atoms with Gasteiger partial charge in [-0.05, 0) is 18.2 Å². The molecule has 3 aromatic heterocycles. The Morgan fingerprint density at radius 1 is 1.37 bits per heavy atom. The van der Waals surface area contributed by atoms with Crippen LogP contribution in [0.25, 0.3) is 22.5 Å². The summed E-state index contributed by atoms with van der Waals surface area (Å²) in [4.78, 5) is 18.1. The molecule has 0 saturated heterocycles. The van der Waals surface area contributed by atoms with Gasteiger partial charge in [-0.3, -0.25) is 4.98 Å². The third-order valence-corrected chi connectivity index (χ3v) is 4.44. The first-order valence-electron chi connectivity index (χ1n) is 9.13. The maximum Gasteiger partial charge on any atom is 0.418 e. The fourth-order valence-electron chi connectivity index (χ4n) is 3.07. The van der Waals surface area contributed by atoms with Gasteiger partial charge in [0.15, 0.2) is 18.3 Å². The summed E-state index contributed by atoms with van der Waals surface area (Å²) >= 11 is 0. The lowest BCUT2D eigenvalue weighted by Crippen LogP contribution is -2.32. The zero-order valence-electron chi connectivity index (χ0n) is 16.0. The first-order chi connectivity index (χ1) is 14.5. The molecule has 4 rings (SSSR count). The number of halogens is 1. The predicted octanol–water partition coefficient (Wildman–Crippen LogP) is 1.79. The number of pyridine rings is 1. The molecule has 0 aliphatic carbocycles. The lowest BCUT2D eigenvalue weighted by Gasteiger charge is -2.08. The van der Waals surface area contributed by atoms with E-state index in [-0.39, 0.29) is 6.61 Å². The van der Waals surface area contributed by atoms with Crippen LogP contribution in [0.15, 0.2) is 45.9 Å². The molecule has 0 spiro atoms. The zero-order valence-corrected chi connectivity index (χ0v) is 16.0. The monoisotopic (exact) mass is 409 g/mol. The average molecular weight is 409 g/mol. The standard InChI is InChI=1S/C21H17FN4O4/c1-26-19(14-9-18-20(23-10-14)25-21(28)30-18)13(11-24-26)4-2-3-7-29-17-6-5-16(22)8-15(17)12-27/h5-6,8-11,27H,3,7,12H2,1H3,(H,23,24,25,28)/p+1. The SMILES string of the molecule is C[n+]1[nH]cc(C#CCCOc2ccc(F)cc2CO)c1-c1cnc2[nH]c(=O)oc2c1.